The first kappa shape index (κ1) is 15.8. The van der Waals surface area contributed by atoms with Crippen LogP contribution in [0, 0.1) is 0 Å². The van der Waals surface area contributed by atoms with E-state index in [9.17, 15) is 4.79 Å². The van der Waals surface area contributed by atoms with Gasteiger partial charge in [0.15, 0.2) is 10.8 Å². The van der Waals surface area contributed by atoms with Gasteiger partial charge in [-0.15, -0.1) is 10.2 Å². The lowest BCUT2D eigenvalue weighted by molar-refractivity contribution is 0.0690. The summed E-state index contributed by atoms with van der Waals surface area (Å²) in [5, 5.41) is 19.3. The highest BCUT2D eigenvalue weighted by molar-refractivity contribution is 6.29. The zero-order valence-corrected chi connectivity index (χ0v) is 12.7. The summed E-state index contributed by atoms with van der Waals surface area (Å²) in [5.41, 5.74) is 0.912. The summed E-state index contributed by atoms with van der Waals surface area (Å²) in [6, 6.07) is 6.76. The van der Waals surface area contributed by atoms with E-state index in [4.69, 9.17) is 26.2 Å². The summed E-state index contributed by atoms with van der Waals surface area (Å²) >= 11 is 5.75. The number of ether oxygens (including phenoxy) is 2. The number of aromatic carboxylic acids is 1. The number of halogens is 1. The number of nitrogens with zero attached hydrogens (tertiary/aromatic N) is 2. The van der Waals surface area contributed by atoms with E-state index >= 15 is 0 Å². The number of carboxylic acid groups (broad SMARTS) is 1. The molecule has 22 heavy (non-hydrogen) atoms. The minimum Gasteiger partial charge on any atom is -0.497 e. The summed E-state index contributed by atoms with van der Waals surface area (Å²) < 4.78 is 10.4. The monoisotopic (exact) mass is 323 g/mol. The molecule has 0 aliphatic heterocycles. The summed E-state index contributed by atoms with van der Waals surface area (Å²) in [6.07, 6.45) is 0. The SMILES string of the molecule is COc1ccc(CNc2cc(Cl)nnc2C(=O)O)c(OC)c1. The van der Waals surface area contributed by atoms with Crippen LogP contribution in [0.5, 0.6) is 11.5 Å². The lowest BCUT2D eigenvalue weighted by Gasteiger charge is -2.13. The van der Waals surface area contributed by atoms with Gasteiger partial charge in [0.1, 0.15) is 11.5 Å². The van der Waals surface area contributed by atoms with Crippen molar-refractivity contribution in [3.05, 3.63) is 40.7 Å². The molecule has 2 rings (SSSR count). The van der Waals surface area contributed by atoms with Gasteiger partial charge in [-0.05, 0) is 12.1 Å². The molecule has 0 saturated heterocycles. The Morgan fingerprint density at radius 3 is 2.68 bits per heavy atom. The standard InChI is InChI=1S/C14H14ClN3O4/c1-21-9-4-3-8(11(5-9)22-2)7-16-10-6-12(15)17-18-13(10)14(19)20/h3-6H,7H2,1-2H3,(H,16,17)(H,19,20). The Bertz CT molecular complexity index is 694. The molecule has 2 N–H and O–H groups in total. The minimum atomic E-state index is -1.19. The molecule has 0 amide bonds. The van der Waals surface area contributed by atoms with E-state index in [1.54, 1.807) is 26.4 Å². The predicted molar refractivity (Wildman–Crippen MR) is 80.9 cm³/mol. The Balaban J connectivity index is 2.23. The number of carbonyl (C=O) groups is 1. The van der Waals surface area contributed by atoms with Crippen molar-refractivity contribution < 1.29 is 19.4 Å². The Kier molecular flexibility index (Phi) is 5.00. The molecule has 2 aromatic rings. The van der Waals surface area contributed by atoms with E-state index in [1.807, 2.05) is 6.07 Å². The van der Waals surface area contributed by atoms with E-state index in [2.05, 4.69) is 15.5 Å². The third-order valence-corrected chi connectivity index (χ3v) is 3.11. The number of hydrogen-bond donors (Lipinski definition) is 2. The van der Waals surface area contributed by atoms with Crippen LogP contribution in [0.3, 0.4) is 0 Å². The second kappa shape index (κ2) is 6.95. The predicted octanol–water partition coefficient (Wildman–Crippen LogP) is 2.46. The lowest BCUT2D eigenvalue weighted by Crippen LogP contribution is -2.10. The van der Waals surface area contributed by atoms with Crippen LogP contribution in [0.1, 0.15) is 16.1 Å². The topological polar surface area (TPSA) is 93.6 Å². The van der Waals surface area contributed by atoms with Crippen molar-refractivity contribution in [2.24, 2.45) is 0 Å². The molecule has 0 unspecified atom stereocenters. The number of nitrogens with one attached hydrogen (secondary N) is 1. The average molecular weight is 324 g/mol. The fourth-order valence-corrected chi connectivity index (χ4v) is 2.00. The van der Waals surface area contributed by atoms with Crippen molar-refractivity contribution in [3.63, 3.8) is 0 Å². The van der Waals surface area contributed by atoms with Crippen LogP contribution in [0.15, 0.2) is 24.3 Å². The first-order valence-corrected chi connectivity index (χ1v) is 6.64. The van der Waals surface area contributed by atoms with Gasteiger partial charge < -0.3 is 19.9 Å². The molecule has 0 saturated carbocycles. The van der Waals surface area contributed by atoms with E-state index < -0.39 is 5.97 Å². The third kappa shape index (κ3) is 3.56. The van der Waals surface area contributed by atoms with E-state index in [1.165, 1.54) is 6.07 Å². The Hall–Kier alpha value is -2.54. The number of rotatable bonds is 6. The van der Waals surface area contributed by atoms with Crippen molar-refractivity contribution in [1.29, 1.82) is 0 Å². The highest BCUT2D eigenvalue weighted by Crippen LogP contribution is 2.26. The van der Waals surface area contributed by atoms with E-state index in [0.717, 1.165) is 5.56 Å². The van der Waals surface area contributed by atoms with Gasteiger partial charge in [0.05, 0.1) is 19.9 Å². The Morgan fingerprint density at radius 2 is 2.05 bits per heavy atom. The maximum atomic E-state index is 11.1. The lowest BCUT2D eigenvalue weighted by atomic mass is 10.2. The molecular formula is C14H14ClN3O4. The zero-order valence-electron chi connectivity index (χ0n) is 12.0. The maximum Gasteiger partial charge on any atom is 0.358 e. The molecule has 0 aliphatic carbocycles. The van der Waals surface area contributed by atoms with Gasteiger partial charge in [-0.1, -0.05) is 11.6 Å². The summed E-state index contributed by atoms with van der Waals surface area (Å²) in [7, 11) is 3.11. The molecule has 0 fully saturated rings. The van der Waals surface area contributed by atoms with Crippen molar-refractivity contribution in [3.8, 4) is 11.5 Å². The minimum absolute atomic E-state index is 0.106. The quantitative estimate of drug-likeness (QED) is 0.843. The fourth-order valence-electron chi connectivity index (χ4n) is 1.85. The molecule has 0 bridgehead atoms. The number of anilines is 1. The third-order valence-electron chi connectivity index (χ3n) is 2.93. The number of aromatic nitrogens is 2. The van der Waals surface area contributed by atoms with Crippen LogP contribution < -0.4 is 14.8 Å². The number of carboxylic acids is 1. The van der Waals surface area contributed by atoms with E-state index in [-0.39, 0.29) is 16.5 Å². The summed E-state index contributed by atoms with van der Waals surface area (Å²) in [4.78, 5) is 11.1. The van der Waals surface area contributed by atoms with Crippen molar-refractivity contribution in [2.75, 3.05) is 19.5 Å². The first-order valence-electron chi connectivity index (χ1n) is 6.26. The van der Waals surface area contributed by atoms with Crippen LogP contribution >= 0.6 is 11.6 Å². The smallest absolute Gasteiger partial charge is 0.358 e. The van der Waals surface area contributed by atoms with Crippen LogP contribution in [0.4, 0.5) is 5.69 Å². The van der Waals surface area contributed by atoms with Gasteiger partial charge in [-0.25, -0.2) is 4.79 Å². The van der Waals surface area contributed by atoms with Gasteiger partial charge in [-0.2, -0.15) is 0 Å². The van der Waals surface area contributed by atoms with Crippen LogP contribution in [-0.2, 0) is 6.54 Å². The van der Waals surface area contributed by atoms with Gasteiger partial charge in [0, 0.05) is 24.2 Å². The molecule has 1 aromatic carbocycles. The molecule has 116 valence electrons. The molecule has 0 aliphatic rings. The van der Waals surface area contributed by atoms with Gasteiger partial charge in [-0.3, -0.25) is 0 Å². The van der Waals surface area contributed by atoms with Gasteiger partial charge in [0.25, 0.3) is 0 Å². The van der Waals surface area contributed by atoms with E-state index in [0.29, 0.717) is 18.0 Å². The van der Waals surface area contributed by atoms with Crippen molar-refractivity contribution in [2.45, 2.75) is 6.54 Å². The second-order valence-corrected chi connectivity index (χ2v) is 4.65. The number of hydrogen-bond acceptors (Lipinski definition) is 6. The Morgan fingerprint density at radius 1 is 1.27 bits per heavy atom. The molecule has 0 atom stereocenters. The maximum absolute atomic E-state index is 11.1. The highest BCUT2D eigenvalue weighted by atomic mass is 35.5. The van der Waals surface area contributed by atoms with Crippen LogP contribution in [-0.4, -0.2) is 35.5 Å². The molecule has 7 nitrogen and oxygen atoms in total. The molecular weight excluding hydrogens is 310 g/mol. The largest absolute Gasteiger partial charge is 0.497 e. The molecule has 0 spiro atoms. The molecule has 0 radical (unpaired) electrons. The van der Waals surface area contributed by atoms with Crippen LogP contribution in [0.2, 0.25) is 5.15 Å². The summed E-state index contributed by atoms with van der Waals surface area (Å²) in [6.45, 7) is 0.329. The molecule has 1 aromatic heterocycles. The Labute approximate surface area is 131 Å². The van der Waals surface area contributed by atoms with Crippen molar-refractivity contribution >= 4 is 23.3 Å². The van der Waals surface area contributed by atoms with Crippen LogP contribution in [0.25, 0.3) is 0 Å². The fraction of sp³-hybridized carbons (Fsp3) is 0.214. The normalized spacial score (nSPS) is 10.1. The number of benzene rings is 1. The van der Waals surface area contributed by atoms with Gasteiger partial charge in [0.2, 0.25) is 0 Å². The average Bonchev–Trinajstić information content (AvgIpc) is 2.52. The second-order valence-electron chi connectivity index (χ2n) is 4.27. The molecule has 8 heteroatoms. The van der Waals surface area contributed by atoms with Gasteiger partial charge >= 0.3 is 5.97 Å². The van der Waals surface area contributed by atoms with Crippen molar-refractivity contribution in [1.82, 2.24) is 10.2 Å². The first-order chi connectivity index (χ1) is 10.5. The highest BCUT2D eigenvalue weighted by Gasteiger charge is 2.14. The zero-order chi connectivity index (χ0) is 16.1. The number of methoxy groups -OCH3 is 2. The molecule has 1 heterocycles. The summed E-state index contributed by atoms with van der Waals surface area (Å²) in [5.74, 6) is 0.102.